The van der Waals surface area contributed by atoms with Crippen molar-refractivity contribution in [2.75, 3.05) is 0 Å². The summed E-state index contributed by atoms with van der Waals surface area (Å²) in [5.41, 5.74) is 3.26. The van der Waals surface area contributed by atoms with E-state index in [1.807, 2.05) is 55.5 Å². The Bertz CT molecular complexity index is 1920. The summed E-state index contributed by atoms with van der Waals surface area (Å²) >= 11 is 6.59. The second-order valence-electron chi connectivity index (χ2n) is 9.55. The fourth-order valence-corrected chi connectivity index (χ4v) is 6.30. The molecule has 1 saturated carbocycles. The first-order chi connectivity index (χ1) is 18.2. The van der Waals surface area contributed by atoms with Crippen LogP contribution >= 0.6 is 11.6 Å². The standard InChI is InChI=1S/C28H23ClN4O4S/c1-16-8-11-23-21(13-16)24(20-6-4-12-30-27(20)34)25(28(35)32-38(36,37)19-9-10-19)33(23)15-18-14-17-5-2-3-7-22(17)31-26(18)29/h2-8,11-14,19H,9-10,15H2,1H3,(H,30,34)(H,32,35). The molecule has 192 valence electrons. The van der Waals surface area contributed by atoms with Crippen LogP contribution in [0.25, 0.3) is 32.9 Å². The number of hydrogen-bond donors (Lipinski definition) is 2. The van der Waals surface area contributed by atoms with E-state index in [2.05, 4.69) is 14.7 Å². The molecule has 0 bridgehead atoms. The third-order valence-electron chi connectivity index (χ3n) is 6.80. The highest BCUT2D eigenvalue weighted by atomic mass is 35.5. The number of carbonyl (C=O) groups is 1. The molecule has 5 aromatic rings. The Morgan fingerprint density at radius 2 is 1.92 bits per heavy atom. The number of halogens is 1. The second-order valence-corrected chi connectivity index (χ2v) is 11.9. The molecule has 0 atom stereocenters. The maximum absolute atomic E-state index is 13.8. The maximum Gasteiger partial charge on any atom is 0.282 e. The van der Waals surface area contributed by atoms with Gasteiger partial charge in [-0.25, -0.2) is 18.1 Å². The van der Waals surface area contributed by atoms with Gasteiger partial charge in [0.2, 0.25) is 10.0 Å². The van der Waals surface area contributed by atoms with E-state index >= 15 is 0 Å². The molecule has 1 aliphatic rings. The quantitative estimate of drug-likeness (QED) is 0.298. The number of nitrogens with one attached hydrogen (secondary N) is 2. The molecule has 1 amide bonds. The highest BCUT2D eigenvalue weighted by Crippen LogP contribution is 2.36. The van der Waals surface area contributed by atoms with Crippen molar-refractivity contribution in [3.05, 3.63) is 99.2 Å². The van der Waals surface area contributed by atoms with Gasteiger partial charge in [0.05, 0.1) is 17.3 Å². The number of nitrogens with zero attached hydrogens (tertiary/aromatic N) is 2. The van der Waals surface area contributed by atoms with Crippen molar-refractivity contribution in [3.63, 3.8) is 0 Å². The van der Waals surface area contributed by atoms with E-state index in [0.717, 1.165) is 16.5 Å². The van der Waals surface area contributed by atoms with Gasteiger partial charge in [-0.3, -0.25) is 9.59 Å². The Morgan fingerprint density at radius 3 is 2.68 bits per heavy atom. The number of carbonyl (C=O) groups excluding carboxylic acids is 1. The van der Waals surface area contributed by atoms with Crippen LogP contribution in [0.3, 0.4) is 0 Å². The van der Waals surface area contributed by atoms with E-state index in [4.69, 9.17) is 11.6 Å². The Balaban J connectivity index is 1.62. The van der Waals surface area contributed by atoms with Crippen molar-refractivity contribution in [2.24, 2.45) is 0 Å². The van der Waals surface area contributed by atoms with Gasteiger partial charge in [-0.15, -0.1) is 0 Å². The van der Waals surface area contributed by atoms with Crippen LogP contribution in [0.2, 0.25) is 5.15 Å². The number of benzene rings is 2. The van der Waals surface area contributed by atoms with E-state index < -0.39 is 26.7 Å². The highest BCUT2D eigenvalue weighted by molar-refractivity contribution is 7.91. The number of H-pyrrole nitrogens is 1. The van der Waals surface area contributed by atoms with Crippen molar-refractivity contribution in [2.45, 2.75) is 31.6 Å². The zero-order valence-electron chi connectivity index (χ0n) is 20.4. The number of fused-ring (bicyclic) bond motifs is 2. The van der Waals surface area contributed by atoms with Gasteiger partial charge in [0.15, 0.2) is 0 Å². The summed E-state index contributed by atoms with van der Waals surface area (Å²) in [4.78, 5) is 33.9. The highest BCUT2D eigenvalue weighted by Gasteiger charge is 2.38. The van der Waals surface area contributed by atoms with Crippen molar-refractivity contribution in [3.8, 4) is 11.1 Å². The Morgan fingerprint density at radius 1 is 1.13 bits per heavy atom. The average Bonchev–Trinajstić information content (AvgIpc) is 3.69. The van der Waals surface area contributed by atoms with E-state index in [0.29, 0.717) is 34.9 Å². The zero-order valence-corrected chi connectivity index (χ0v) is 21.9. The zero-order chi connectivity index (χ0) is 26.6. The third-order valence-corrected chi connectivity index (χ3v) is 8.94. The molecule has 0 unspecified atom stereocenters. The lowest BCUT2D eigenvalue weighted by atomic mass is 10.0. The topological polar surface area (TPSA) is 114 Å². The van der Waals surface area contributed by atoms with Gasteiger partial charge in [0, 0.05) is 39.2 Å². The van der Waals surface area contributed by atoms with E-state index in [1.54, 1.807) is 16.7 Å². The number of sulfonamides is 1. The summed E-state index contributed by atoms with van der Waals surface area (Å²) in [7, 11) is -3.85. The number of rotatable bonds is 6. The van der Waals surface area contributed by atoms with Gasteiger partial charge >= 0.3 is 0 Å². The van der Waals surface area contributed by atoms with E-state index in [9.17, 15) is 18.0 Å². The summed E-state index contributed by atoms with van der Waals surface area (Å²) in [6, 6.07) is 18.4. The lowest BCUT2D eigenvalue weighted by Crippen LogP contribution is -2.35. The Kier molecular flexibility index (Phi) is 5.85. The monoisotopic (exact) mass is 546 g/mol. The summed E-state index contributed by atoms with van der Waals surface area (Å²) in [5.74, 6) is -0.797. The number of para-hydroxylation sites is 1. The smallest absolute Gasteiger partial charge is 0.282 e. The van der Waals surface area contributed by atoms with Crippen molar-refractivity contribution >= 4 is 49.3 Å². The maximum atomic E-state index is 13.8. The average molecular weight is 547 g/mol. The molecule has 3 heterocycles. The molecule has 2 aromatic carbocycles. The van der Waals surface area contributed by atoms with Crippen LogP contribution in [-0.2, 0) is 16.6 Å². The summed E-state index contributed by atoms with van der Waals surface area (Å²) in [6.07, 6.45) is 2.52. The predicted octanol–water partition coefficient (Wildman–Crippen LogP) is 4.78. The minimum atomic E-state index is -3.85. The fourth-order valence-electron chi connectivity index (χ4n) is 4.82. The van der Waals surface area contributed by atoms with Crippen LogP contribution in [0.4, 0.5) is 0 Å². The number of amides is 1. The summed E-state index contributed by atoms with van der Waals surface area (Å²) < 4.78 is 29.6. The van der Waals surface area contributed by atoms with Crippen LogP contribution in [0.1, 0.15) is 34.5 Å². The molecule has 2 N–H and O–H groups in total. The van der Waals surface area contributed by atoms with Gasteiger partial charge < -0.3 is 9.55 Å². The van der Waals surface area contributed by atoms with Crippen molar-refractivity contribution < 1.29 is 13.2 Å². The molecule has 6 rings (SSSR count). The molecule has 0 aliphatic heterocycles. The van der Waals surface area contributed by atoms with E-state index in [1.165, 1.54) is 6.20 Å². The molecule has 10 heteroatoms. The van der Waals surface area contributed by atoms with Crippen LogP contribution in [0.5, 0.6) is 0 Å². The molecular weight excluding hydrogens is 524 g/mol. The van der Waals surface area contributed by atoms with Gasteiger partial charge in [0.25, 0.3) is 11.5 Å². The molecular formula is C28H23ClN4O4S. The summed E-state index contributed by atoms with van der Waals surface area (Å²) in [6.45, 7) is 2.05. The number of aromatic nitrogens is 3. The van der Waals surface area contributed by atoms with Crippen LogP contribution in [-0.4, -0.2) is 34.1 Å². The van der Waals surface area contributed by atoms with Gasteiger partial charge in [0.1, 0.15) is 10.8 Å². The molecule has 0 spiro atoms. The first kappa shape index (κ1) is 24.4. The van der Waals surface area contributed by atoms with Crippen molar-refractivity contribution in [1.29, 1.82) is 0 Å². The number of aromatic amines is 1. The molecule has 1 fully saturated rings. The first-order valence-electron chi connectivity index (χ1n) is 12.1. The normalized spacial score (nSPS) is 13.7. The lowest BCUT2D eigenvalue weighted by Gasteiger charge is -2.14. The predicted molar refractivity (Wildman–Crippen MR) is 148 cm³/mol. The molecule has 8 nitrogen and oxygen atoms in total. The first-order valence-corrected chi connectivity index (χ1v) is 14.1. The van der Waals surface area contributed by atoms with Gasteiger partial charge in [-0.2, -0.15) is 0 Å². The van der Waals surface area contributed by atoms with Gasteiger partial charge in [-0.1, -0.05) is 41.4 Å². The Labute approximate surface area is 223 Å². The minimum Gasteiger partial charge on any atom is -0.331 e. The molecule has 1 aliphatic carbocycles. The van der Waals surface area contributed by atoms with E-state index in [-0.39, 0.29) is 23.0 Å². The fraction of sp³-hybridized carbons (Fsp3) is 0.179. The largest absolute Gasteiger partial charge is 0.331 e. The number of hydrogen-bond acceptors (Lipinski definition) is 5. The SMILES string of the molecule is Cc1ccc2c(c1)c(-c1ccc[nH]c1=O)c(C(=O)NS(=O)(=O)C1CC1)n2Cc1cc2ccccc2nc1Cl. The minimum absolute atomic E-state index is 0.0655. The molecule has 0 saturated heterocycles. The third kappa shape index (κ3) is 4.27. The van der Waals surface area contributed by atoms with Gasteiger partial charge in [-0.05, 0) is 56.2 Å². The number of aryl methyl sites for hydroxylation is 1. The number of pyridine rings is 2. The molecule has 3 aromatic heterocycles. The van der Waals surface area contributed by atoms with Crippen LogP contribution in [0, 0.1) is 6.92 Å². The van der Waals surface area contributed by atoms with Crippen LogP contribution < -0.4 is 10.3 Å². The summed E-state index contributed by atoms with van der Waals surface area (Å²) in [5, 5.41) is 1.21. The Hall–Kier alpha value is -3.95. The second kappa shape index (κ2) is 9.11. The van der Waals surface area contributed by atoms with Crippen LogP contribution in [0.15, 0.2) is 71.7 Å². The molecule has 38 heavy (non-hydrogen) atoms. The van der Waals surface area contributed by atoms with Crippen molar-refractivity contribution in [1.82, 2.24) is 19.3 Å². The molecule has 0 radical (unpaired) electrons. The lowest BCUT2D eigenvalue weighted by molar-refractivity contribution is 0.0974.